The maximum atomic E-state index is 11.9. The van der Waals surface area contributed by atoms with Crippen molar-refractivity contribution in [2.24, 2.45) is 11.8 Å². The Morgan fingerprint density at radius 2 is 1.73 bits per heavy atom. The summed E-state index contributed by atoms with van der Waals surface area (Å²) in [6.45, 7) is 11.5. The van der Waals surface area contributed by atoms with E-state index in [1.807, 2.05) is 13.8 Å². The van der Waals surface area contributed by atoms with Gasteiger partial charge in [-0.2, -0.15) is 0 Å². The molecule has 6 nitrogen and oxygen atoms in total. The SMILES string of the molecule is CC(C)CN1CC(C(=O)NCCS(=O)(=O)CCNC(C)C)C1. The largest absolute Gasteiger partial charge is 0.355 e. The Balaban J connectivity index is 2.15. The lowest BCUT2D eigenvalue weighted by Gasteiger charge is -2.39. The van der Waals surface area contributed by atoms with Crippen LogP contribution < -0.4 is 10.6 Å². The van der Waals surface area contributed by atoms with Crippen molar-refractivity contribution in [1.29, 1.82) is 0 Å². The van der Waals surface area contributed by atoms with Crippen molar-refractivity contribution in [2.45, 2.75) is 33.7 Å². The van der Waals surface area contributed by atoms with Gasteiger partial charge in [-0.25, -0.2) is 8.42 Å². The molecule has 0 atom stereocenters. The van der Waals surface area contributed by atoms with Crippen molar-refractivity contribution in [1.82, 2.24) is 15.5 Å². The predicted molar refractivity (Wildman–Crippen MR) is 89.6 cm³/mol. The van der Waals surface area contributed by atoms with Crippen LogP contribution in [0.25, 0.3) is 0 Å². The van der Waals surface area contributed by atoms with Crippen LogP contribution in [-0.2, 0) is 14.6 Å². The molecule has 0 bridgehead atoms. The molecule has 0 radical (unpaired) electrons. The third kappa shape index (κ3) is 7.56. The van der Waals surface area contributed by atoms with Gasteiger partial charge in [0.1, 0.15) is 0 Å². The zero-order chi connectivity index (χ0) is 16.8. The zero-order valence-corrected chi connectivity index (χ0v) is 15.1. The number of carbonyl (C=O) groups is 1. The molecular weight excluding hydrogens is 302 g/mol. The number of sulfone groups is 1. The quantitative estimate of drug-likeness (QED) is 0.593. The molecular formula is C15H31N3O3S. The van der Waals surface area contributed by atoms with E-state index >= 15 is 0 Å². The van der Waals surface area contributed by atoms with Crippen molar-refractivity contribution in [3.05, 3.63) is 0 Å². The van der Waals surface area contributed by atoms with Crippen LogP contribution in [0.5, 0.6) is 0 Å². The minimum absolute atomic E-state index is 0.0148. The van der Waals surface area contributed by atoms with Crippen molar-refractivity contribution >= 4 is 15.7 Å². The summed E-state index contributed by atoms with van der Waals surface area (Å²) in [6, 6.07) is 0.280. The number of hydrogen-bond donors (Lipinski definition) is 2. The first-order valence-electron chi connectivity index (χ1n) is 8.13. The van der Waals surface area contributed by atoms with E-state index < -0.39 is 9.84 Å². The monoisotopic (exact) mass is 333 g/mol. The van der Waals surface area contributed by atoms with E-state index in [1.54, 1.807) is 0 Å². The Morgan fingerprint density at radius 3 is 2.27 bits per heavy atom. The fraction of sp³-hybridized carbons (Fsp3) is 0.933. The molecule has 0 saturated carbocycles. The highest BCUT2D eigenvalue weighted by molar-refractivity contribution is 7.91. The van der Waals surface area contributed by atoms with Gasteiger partial charge in [0.05, 0.1) is 17.4 Å². The maximum Gasteiger partial charge on any atom is 0.225 e. The lowest BCUT2D eigenvalue weighted by Crippen LogP contribution is -2.54. The van der Waals surface area contributed by atoms with Crippen molar-refractivity contribution < 1.29 is 13.2 Å². The number of rotatable bonds is 10. The van der Waals surface area contributed by atoms with Gasteiger partial charge in [-0.3, -0.25) is 4.79 Å². The first-order valence-corrected chi connectivity index (χ1v) is 9.95. The van der Waals surface area contributed by atoms with E-state index in [9.17, 15) is 13.2 Å². The summed E-state index contributed by atoms with van der Waals surface area (Å²) in [5, 5.41) is 5.83. The van der Waals surface area contributed by atoms with Crippen LogP contribution in [0.15, 0.2) is 0 Å². The smallest absolute Gasteiger partial charge is 0.225 e. The van der Waals surface area contributed by atoms with Gasteiger partial charge in [-0.15, -0.1) is 0 Å². The highest BCUT2D eigenvalue weighted by Gasteiger charge is 2.32. The Hall–Kier alpha value is -0.660. The van der Waals surface area contributed by atoms with E-state index in [-0.39, 0.29) is 35.9 Å². The minimum Gasteiger partial charge on any atom is -0.355 e. The van der Waals surface area contributed by atoms with Crippen LogP contribution in [0.1, 0.15) is 27.7 Å². The summed E-state index contributed by atoms with van der Waals surface area (Å²) in [4.78, 5) is 14.2. The average molecular weight is 333 g/mol. The average Bonchev–Trinajstić information content (AvgIpc) is 2.31. The molecule has 130 valence electrons. The first-order chi connectivity index (χ1) is 10.2. The van der Waals surface area contributed by atoms with Gasteiger partial charge < -0.3 is 15.5 Å². The lowest BCUT2D eigenvalue weighted by molar-refractivity contribution is -0.130. The number of amides is 1. The van der Waals surface area contributed by atoms with Gasteiger partial charge >= 0.3 is 0 Å². The Kier molecular flexibility index (Phi) is 7.79. The van der Waals surface area contributed by atoms with Crippen LogP contribution in [0.2, 0.25) is 0 Å². The summed E-state index contributed by atoms with van der Waals surface area (Å²) in [7, 11) is -3.10. The van der Waals surface area contributed by atoms with E-state index in [4.69, 9.17) is 0 Å². The van der Waals surface area contributed by atoms with Gasteiger partial charge in [-0.05, 0) is 5.92 Å². The van der Waals surface area contributed by atoms with Crippen molar-refractivity contribution in [3.8, 4) is 0 Å². The fourth-order valence-electron chi connectivity index (χ4n) is 2.48. The minimum atomic E-state index is -3.10. The summed E-state index contributed by atoms with van der Waals surface area (Å²) in [6.07, 6.45) is 0. The summed E-state index contributed by atoms with van der Waals surface area (Å²) < 4.78 is 23.6. The van der Waals surface area contributed by atoms with Gasteiger partial charge in [-0.1, -0.05) is 27.7 Å². The lowest BCUT2D eigenvalue weighted by atomic mass is 9.98. The second-order valence-electron chi connectivity index (χ2n) is 6.86. The highest BCUT2D eigenvalue weighted by Crippen LogP contribution is 2.16. The van der Waals surface area contributed by atoms with Gasteiger partial charge in [0, 0.05) is 38.8 Å². The fourth-order valence-corrected chi connectivity index (χ4v) is 3.53. The molecule has 1 aliphatic rings. The van der Waals surface area contributed by atoms with Crippen LogP contribution in [0.3, 0.4) is 0 Å². The molecule has 7 heteroatoms. The predicted octanol–water partition coefficient (Wildman–Crippen LogP) is 0.103. The van der Waals surface area contributed by atoms with Gasteiger partial charge in [0.2, 0.25) is 5.91 Å². The van der Waals surface area contributed by atoms with Gasteiger partial charge in [0.15, 0.2) is 9.84 Å². The summed E-state index contributed by atoms with van der Waals surface area (Å²) >= 11 is 0. The molecule has 0 spiro atoms. The van der Waals surface area contributed by atoms with E-state index in [2.05, 4.69) is 29.4 Å². The molecule has 1 fully saturated rings. The topological polar surface area (TPSA) is 78.5 Å². The third-order valence-electron chi connectivity index (χ3n) is 3.63. The van der Waals surface area contributed by atoms with Crippen LogP contribution >= 0.6 is 0 Å². The molecule has 0 unspecified atom stereocenters. The van der Waals surface area contributed by atoms with Crippen LogP contribution in [0, 0.1) is 11.8 Å². The molecule has 0 aromatic carbocycles. The van der Waals surface area contributed by atoms with Crippen molar-refractivity contribution in [2.75, 3.05) is 44.2 Å². The van der Waals surface area contributed by atoms with E-state index in [0.29, 0.717) is 12.5 Å². The number of hydrogen-bond acceptors (Lipinski definition) is 5. The zero-order valence-electron chi connectivity index (χ0n) is 14.3. The highest BCUT2D eigenvalue weighted by atomic mass is 32.2. The number of likely N-dealkylation sites (tertiary alicyclic amines) is 1. The number of nitrogens with zero attached hydrogens (tertiary/aromatic N) is 1. The molecule has 22 heavy (non-hydrogen) atoms. The number of carbonyl (C=O) groups excluding carboxylic acids is 1. The number of nitrogens with one attached hydrogen (secondary N) is 2. The van der Waals surface area contributed by atoms with Crippen molar-refractivity contribution in [3.63, 3.8) is 0 Å². The van der Waals surface area contributed by atoms with E-state index in [0.717, 1.165) is 19.6 Å². The second kappa shape index (κ2) is 8.84. The first kappa shape index (κ1) is 19.4. The molecule has 0 aromatic rings. The molecule has 2 N–H and O–H groups in total. The third-order valence-corrected chi connectivity index (χ3v) is 5.28. The molecule has 0 aliphatic carbocycles. The molecule has 1 saturated heterocycles. The molecule has 1 rings (SSSR count). The maximum absolute atomic E-state index is 11.9. The standard InChI is InChI=1S/C15H31N3O3S/c1-12(2)9-18-10-14(11-18)15(19)17-6-8-22(20,21)7-5-16-13(3)4/h12-14,16H,5-11H2,1-4H3,(H,17,19). The summed E-state index contributed by atoms with van der Waals surface area (Å²) in [5.41, 5.74) is 0. The molecule has 1 aliphatic heterocycles. The second-order valence-corrected chi connectivity index (χ2v) is 9.16. The normalized spacial score (nSPS) is 17.0. The Bertz CT molecular complexity index is 443. The van der Waals surface area contributed by atoms with Crippen LogP contribution in [0.4, 0.5) is 0 Å². The van der Waals surface area contributed by atoms with E-state index in [1.165, 1.54) is 0 Å². The molecule has 0 aromatic heterocycles. The molecule has 1 heterocycles. The Labute approximate surface area is 134 Å². The molecule has 1 amide bonds. The Morgan fingerprint density at radius 1 is 1.14 bits per heavy atom. The summed E-state index contributed by atoms with van der Waals surface area (Å²) in [5.74, 6) is 0.737. The van der Waals surface area contributed by atoms with Gasteiger partial charge in [0.25, 0.3) is 0 Å². The van der Waals surface area contributed by atoms with Crippen LogP contribution in [-0.4, -0.2) is 69.5 Å².